The van der Waals surface area contributed by atoms with Gasteiger partial charge in [-0.15, -0.1) is 11.8 Å². The number of nitrogens with one attached hydrogen (secondary N) is 1. The summed E-state index contributed by atoms with van der Waals surface area (Å²) in [5.41, 5.74) is 3.26. The molecule has 0 amide bonds. The molecule has 0 fully saturated rings. The van der Waals surface area contributed by atoms with Crippen molar-refractivity contribution in [3.63, 3.8) is 0 Å². The van der Waals surface area contributed by atoms with Gasteiger partial charge in [-0.1, -0.05) is 23.7 Å². The number of aromatic nitrogens is 2. The second-order valence-electron chi connectivity index (χ2n) is 4.84. The van der Waals surface area contributed by atoms with Crippen molar-refractivity contribution in [3.8, 4) is 0 Å². The summed E-state index contributed by atoms with van der Waals surface area (Å²) in [5, 5.41) is 8.35. The molecule has 0 aliphatic heterocycles. The van der Waals surface area contributed by atoms with Crippen LogP contribution >= 0.6 is 23.4 Å². The predicted molar refractivity (Wildman–Crippen MR) is 86.4 cm³/mol. The first kappa shape index (κ1) is 15.4. The molecule has 1 aromatic carbocycles. The van der Waals surface area contributed by atoms with Crippen molar-refractivity contribution in [3.05, 3.63) is 46.2 Å². The van der Waals surface area contributed by atoms with Crippen LogP contribution in [-0.4, -0.2) is 16.8 Å². The maximum absolute atomic E-state index is 6.26. The number of nitrogens with zero attached hydrogens (tertiary/aromatic N) is 2. The lowest BCUT2D eigenvalue weighted by atomic mass is 10.1. The molecule has 5 heteroatoms. The zero-order chi connectivity index (χ0) is 14.7. The average Bonchev–Trinajstić information content (AvgIpc) is 2.70. The smallest absolute Gasteiger partial charge is 0.0855 e. The lowest BCUT2D eigenvalue weighted by molar-refractivity contribution is 0.652. The maximum atomic E-state index is 6.26. The molecule has 20 heavy (non-hydrogen) atoms. The van der Waals surface area contributed by atoms with Gasteiger partial charge in [0.2, 0.25) is 0 Å². The van der Waals surface area contributed by atoms with Gasteiger partial charge in [0, 0.05) is 23.7 Å². The molecular formula is C15H20ClN3S. The first-order valence-electron chi connectivity index (χ1n) is 6.61. The van der Waals surface area contributed by atoms with Gasteiger partial charge in [0.1, 0.15) is 0 Å². The molecule has 0 radical (unpaired) electrons. The molecular weight excluding hydrogens is 290 g/mol. The highest BCUT2D eigenvalue weighted by Crippen LogP contribution is 2.28. The van der Waals surface area contributed by atoms with Gasteiger partial charge < -0.3 is 5.32 Å². The number of aryl methyl sites for hydroxylation is 2. The first-order chi connectivity index (χ1) is 9.52. The van der Waals surface area contributed by atoms with Crippen LogP contribution < -0.4 is 5.32 Å². The normalized spacial score (nSPS) is 12.7. The number of rotatable bonds is 5. The molecule has 0 bridgehead atoms. The zero-order valence-electron chi connectivity index (χ0n) is 12.3. The Balaban J connectivity index is 2.04. The number of hydrogen-bond donors (Lipinski definition) is 1. The summed E-state index contributed by atoms with van der Waals surface area (Å²) in [4.78, 5) is 1.24. The number of hydrogen-bond acceptors (Lipinski definition) is 3. The predicted octanol–water partition coefficient (Wildman–Crippen LogP) is 3.95. The Morgan fingerprint density at radius 3 is 2.50 bits per heavy atom. The standard InChI is InChI=1S/C15H20ClN3S/c1-10(17-3)12-5-7-13(8-6-12)20-9-14-15(16)11(2)18-19(14)4/h5-8,10,17H,9H2,1-4H3. The number of benzene rings is 1. The van der Waals surface area contributed by atoms with Crippen molar-refractivity contribution < 1.29 is 0 Å². The summed E-state index contributed by atoms with van der Waals surface area (Å²) in [6.07, 6.45) is 0. The summed E-state index contributed by atoms with van der Waals surface area (Å²) in [6.45, 7) is 4.09. The summed E-state index contributed by atoms with van der Waals surface area (Å²) >= 11 is 8.04. The summed E-state index contributed by atoms with van der Waals surface area (Å²) in [7, 11) is 3.91. The monoisotopic (exact) mass is 309 g/mol. The molecule has 0 saturated carbocycles. The van der Waals surface area contributed by atoms with Crippen molar-refractivity contribution in [1.29, 1.82) is 0 Å². The summed E-state index contributed by atoms with van der Waals surface area (Å²) in [6, 6.07) is 9.03. The molecule has 1 heterocycles. The Kier molecular flexibility index (Phi) is 5.13. The maximum Gasteiger partial charge on any atom is 0.0855 e. The molecule has 1 unspecified atom stereocenters. The Hall–Kier alpha value is -0.970. The van der Waals surface area contributed by atoms with Crippen LogP contribution in [0.2, 0.25) is 5.02 Å². The van der Waals surface area contributed by atoms with Crippen molar-refractivity contribution in [2.75, 3.05) is 7.05 Å². The van der Waals surface area contributed by atoms with E-state index in [0.29, 0.717) is 6.04 Å². The highest BCUT2D eigenvalue weighted by atomic mass is 35.5. The van der Waals surface area contributed by atoms with Gasteiger partial charge in [-0.25, -0.2) is 0 Å². The molecule has 108 valence electrons. The van der Waals surface area contributed by atoms with E-state index in [1.54, 1.807) is 11.8 Å². The highest BCUT2D eigenvalue weighted by Gasteiger charge is 2.11. The fraction of sp³-hybridized carbons (Fsp3) is 0.400. The van der Waals surface area contributed by atoms with Gasteiger partial charge in [0.05, 0.1) is 16.4 Å². The van der Waals surface area contributed by atoms with Crippen LogP contribution in [-0.2, 0) is 12.8 Å². The lowest BCUT2D eigenvalue weighted by Gasteiger charge is -2.11. The largest absolute Gasteiger partial charge is 0.313 e. The van der Waals surface area contributed by atoms with E-state index in [1.807, 2.05) is 25.7 Å². The van der Waals surface area contributed by atoms with Crippen molar-refractivity contribution in [2.24, 2.45) is 7.05 Å². The first-order valence-corrected chi connectivity index (χ1v) is 7.97. The molecule has 2 rings (SSSR count). The van der Waals surface area contributed by atoms with E-state index in [9.17, 15) is 0 Å². The van der Waals surface area contributed by atoms with E-state index in [-0.39, 0.29) is 0 Å². The molecule has 0 saturated heterocycles. The fourth-order valence-corrected chi connectivity index (χ4v) is 3.28. The van der Waals surface area contributed by atoms with Gasteiger partial charge in [-0.05, 0) is 38.6 Å². The van der Waals surface area contributed by atoms with Gasteiger partial charge in [-0.2, -0.15) is 5.10 Å². The third-order valence-electron chi connectivity index (χ3n) is 3.45. The van der Waals surface area contributed by atoms with Gasteiger partial charge in [-0.3, -0.25) is 4.68 Å². The van der Waals surface area contributed by atoms with Crippen LogP contribution in [0.4, 0.5) is 0 Å². The summed E-state index contributed by atoms with van der Waals surface area (Å²) < 4.78 is 1.86. The third-order valence-corrected chi connectivity index (χ3v) is 4.97. The van der Waals surface area contributed by atoms with Crippen LogP contribution in [0.3, 0.4) is 0 Å². The summed E-state index contributed by atoms with van der Waals surface area (Å²) in [5.74, 6) is 0.830. The Labute approximate surface area is 129 Å². The van der Waals surface area contributed by atoms with Crippen LogP contribution in [0.1, 0.15) is 29.9 Å². The van der Waals surface area contributed by atoms with E-state index in [2.05, 4.69) is 41.6 Å². The average molecular weight is 310 g/mol. The van der Waals surface area contributed by atoms with Gasteiger partial charge >= 0.3 is 0 Å². The minimum absolute atomic E-state index is 0.378. The molecule has 1 aromatic heterocycles. The Bertz CT molecular complexity index is 578. The molecule has 2 aromatic rings. The zero-order valence-corrected chi connectivity index (χ0v) is 13.8. The SMILES string of the molecule is CNC(C)c1ccc(SCc2c(Cl)c(C)nn2C)cc1. The molecule has 0 aliphatic rings. The third kappa shape index (κ3) is 3.37. The van der Waals surface area contributed by atoms with Crippen molar-refractivity contribution >= 4 is 23.4 Å². The topological polar surface area (TPSA) is 29.9 Å². The second-order valence-corrected chi connectivity index (χ2v) is 6.26. The van der Waals surface area contributed by atoms with Crippen LogP contribution in [0, 0.1) is 6.92 Å². The number of halogens is 1. The molecule has 0 spiro atoms. The minimum Gasteiger partial charge on any atom is -0.313 e. The van der Waals surface area contributed by atoms with E-state index in [1.165, 1.54) is 10.5 Å². The van der Waals surface area contributed by atoms with Gasteiger partial charge in [0.25, 0.3) is 0 Å². The molecule has 1 atom stereocenters. The number of thioether (sulfide) groups is 1. The highest BCUT2D eigenvalue weighted by molar-refractivity contribution is 7.98. The molecule has 3 nitrogen and oxygen atoms in total. The quantitative estimate of drug-likeness (QED) is 0.848. The van der Waals surface area contributed by atoms with Gasteiger partial charge in [0.15, 0.2) is 0 Å². The van der Waals surface area contributed by atoms with Crippen LogP contribution in [0.15, 0.2) is 29.2 Å². The van der Waals surface area contributed by atoms with E-state index < -0.39 is 0 Å². The Morgan fingerprint density at radius 1 is 1.35 bits per heavy atom. The van der Waals surface area contributed by atoms with Crippen LogP contribution in [0.5, 0.6) is 0 Å². The fourth-order valence-electron chi connectivity index (χ4n) is 2.01. The van der Waals surface area contributed by atoms with Crippen LogP contribution in [0.25, 0.3) is 0 Å². The second kappa shape index (κ2) is 6.66. The van der Waals surface area contributed by atoms with Crippen molar-refractivity contribution in [1.82, 2.24) is 15.1 Å². The molecule has 1 N–H and O–H groups in total. The lowest BCUT2D eigenvalue weighted by Crippen LogP contribution is -2.11. The minimum atomic E-state index is 0.378. The van der Waals surface area contributed by atoms with E-state index >= 15 is 0 Å². The van der Waals surface area contributed by atoms with E-state index in [0.717, 1.165) is 22.2 Å². The Morgan fingerprint density at radius 2 is 2.00 bits per heavy atom. The van der Waals surface area contributed by atoms with E-state index in [4.69, 9.17) is 11.6 Å². The van der Waals surface area contributed by atoms with Crippen molar-refractivity contribution in [2.45, 2.75) is 30.5 Å². The molecule has 0 aliphatic carbocycles.